The molecule has 0 aliphatic carbocycles. The third kappa shape index (κ3) is 2.38. The number of hydrogen-bond donors (Lipinski definition) is 1. The topological polar surface area (TPSA) is 68.1 Å². The summed E-state index contributed by atoms with van der Waals surface area (Å²) in [7, 11) is 0. The molecule has 1 aliphatic heterocycles. The minimum Gasteiger partial charge on any atom is -0.507 e. The summed E-state index contributed by atoms with van der Waals surface area (Å²) < 4.78 is 4.84. The van der Waals surface area contributed by atoms with Gasteiger partial charge in [0.25, 0.3) is 0 Å². The fraction of sp³-hybridized carbons (Fsp3) is 0.333. The Hall–Kier alpha value is -2.04. The summed E-state index contributed by atoms with van der Waals surface area (Å²) in [5.74, 6) is -0.305. The fourth-order valence-electron chi connectivity index (χ4n) is 1.62. The molecule has 90 valence electrons. The number of phenols is 1. The Balaban J connectivity index is 2.08. The molecule has 2 rings (SSSR count). The van der Waals surface area contributed by atoms with Crippen molar-refractivity contribution in [2.45, 2.75) is 19.4 Å². The van der Waals surface area contributed by atoms with Gasteiger partial charge in [-0.25, -0.2) is 4.79 Å². The Labute approximate surface area is 98.6 Å². The first-order chi connectivity index (χ1) is 8.22. The first-order valence-electron chi connectivity index (χ1n) is 5.40. The van der Waals surface area contributed by atoms with Gasteiger partial charge in [-0.15, -0.1) is 0 Å². The first-order valence-corrected chi connectivity index (χ1v) is 5.40. The Bertz CT molecular complexity index is 456. The van der Waals surface area contributed by atoms with Crippen LogP contribution < -0.4 is 0 Å². The highest BCUT2D eigenvalue weighted by Crippen LogP contribution is 2.23. The van der Waals surface area contributed by atoms with E-state index in [-0.39, 0.29) is 5.75 Å². The third-order valence-electron chi connectivity index (χ3n) is 2.43. The molecule has 0 radical (unpaired) electrons. The second kappa shape index (κ2) is 4.86. The van der Waals surface area contributed by atoms with E-state index < -0.39 is 12.1 Å². The monoisotopic (exact) mass is 235 g/mol. The molecule has 1 heterocycles. The Morgan fingerprint density at radius 3 is 3.06 bits per heavy atom. The molecule has 1 atom stereocenters. The summed E-state index contributed by atoms with van der Waals surface area (Å²) in [6.45, 7) is 2.04. The van der Waals surface area contributed by atoms with E-state index in [2.05, 4.69) is 5.16 Å². The maximum atomic E-state index is 11.4. The van der Waals surface area contributed by atoms with Crippen molar-refractivity contribution in [2.24, 2.45) is 5.16 Å². The molecule has 1 aromatic carbocycles. The van der Waals surface area contributed by atoms with Crippen molar-refractivity contribution in [3.63, 3.8) is 0 Å². The van der Waals surface area contributed by atoms with E-state index in [1.54, 1.807) is 31.2 Å². The van der Waals surface area contributed by atoms with Crippen molar-refractivity contribution in [3.05, 3.63) is 29.8 Å². The minimum atomic E-state index is -0.704. The number of carbonyl (C=O) groups excluding carboxylic acids is 1. The van der Waals surface area contributed by atoms with Crippen LogP contribution in [0.15, 0.2) is 29.4 Å². The van der Waals surface area contributed by atoms with Crippen LogP contribution in [0.2, 0.25) is 0 Å². The van der Waals surface area contributed by atoms with E-state index in [0.29, 0.717) is 24.3 Å². The number of ether oxygens (including phenoxy) is 1. The number of aromatic hydroxyl groups is 1. The van der Waals surface area contributed by atoms with Gasteiger partial charge in [0.05, 0.1) is 12.3 Å². The van der Waals surface area contributed by atoms with Crippen LogP contribution in [-0.2, 0) is 14.4 Å². The molecule has 0 spiro atoms. The van der Waals surface area contributed by atoms with E-state index in [1.807, 2.05) is 0 Å². The van der Waals surface area contributed by atoms with Gasteiger partial charge in [0, 0.05) is 12.0 Å². The normalized spacial score (nSPS) is 18.4. The average molecular weight is 235 g/mol. The van der Waals surface area contributed by atoms with Gasteiger partial charge in [0.15, 0.2) is 0 Å². The smallest absolute Gasteiger partial charge is 0.350 e. The largest absolute Gasteiger partial charge is 0.507 e. The number of hydrogen-bond acceptors (Lipinski definition) is 5. The van der Waals surface area contributed by atoms with Gasteiger partial charge in [0.1, 0.15) is 5.75 Å². The van der Waals surface area contributed by atoms with Crippen molar-refractivity contribution >= 4 is 11.7 Å². The van der Waals surface area contributed by atoms with Crippen LogP contribution in [0.5, 0.6) is 5.75 Å². The van der Waals surface area contributed by atoms with Crippen LogP contribution in [-0.4, -0.2) is 29.5 Å². The quantitative estimate of drug-likeness (QED) is 0.805. The minimum absolute atomic E-state index is 0.124. The van der Waals surface area contributed by atoms with E-state index >= 15 is 0 Å². The zero-order chi connectivity index (χ0) is 12.3. The summed E-state index contributed by atoms with van der Waals surface area (Å²) in [5.41, 5.74) is 1.14. The molecule has 17 heavy (non-hydrogen) atoms. The van der Waals surface area contributed by atoms with Crippen LogP contribution in [0.25, 0.3) is 0 Å². The number of oxime groups is 1. The highest BCUT2D eigenvalue weighted by molar-refractivity contribution is 6.05. The zero-order valence-corrected chi connectivity index (χ0v) is 9.42. The standard InChI is InChI=1S/C12H13NO4/c1-2-16-12(15)11-7-9(13-17-11)8-5-3-4-6-10(8)14/h3-6,11,14H,2,7H2,1H3. The number of rotatable bonds is 3. The van der Waals surface area contributed by atoms with Crippen molar-refractivity contribution in [2.75, 3.05) is 6.61 Å². The number of carbonyl (C=O) groups is 1. The van der Waals surface area contributed by atoms with Crippen molar-refractivity contribution in [1.82, 2.24) is 0 Å². The molecule has 5 heteroatoms. The Morgan fingerprint density at radius 2 is 2.35 bits per heavy atom. The predicted molar refractivity (Wildman–Crippen MR) is 60.8 cm³/mol. The van der Waals surface area contributed by atoms with Crippen molar-refractivity contribution < 1.29 is 19.5 Å². The van der Waals surface area contributed by atoms with E-state index in [1.165, 1.54) is 0 Å². The molecular formula is C12H13NO4. The zero-order valence-electron chi connectivity index (χ0n) is 9.42. The number of esters is 1. The van der Waals surface area contributed by atoms with Crippen LogP contribution in [0, 0.1) is 0 Å². The molecule has 1 aliphatic rings. The van der Waals surface area contributed by atoms with Gasteiger partial charge >= 0.3 is 5.97 Å². The Morgan fingerprint density at radius 1 is 1.59 bits per heavy atom. The maximum absolute atomic E-state index is 11.4. The van der Waals surface area contributed by atoms with Crippen LogP contribution in [0.3, 0.4) is 0 Å². The van der Waals surface area contributed by atoms with E-state index in [9.17, 15) is 9.90 Å². The van der Waals surface area contributed by atoms with Crippen molar-refractivity contribution in [3.8, 4) is 5.75 Å². The molecule has 0 saturated heterocycles. The van der Waals surface area contributed by atoms with Crippen LogP contribution in [0.4, 0.5) is 0 Å². The van der Waals surface area contributed by atoms with Gasteiger partial charge in [-0.05, 0) is 19.1 Å². The van der Waals surface area contributed by atoms with Gasteiger partial charge < -0.3 is 14.7 Å². The van der Waals surface area contributed by atoms with Gasteiger partial charge in [-0.2, -0.15) is 0 Å². The molecule has 5 nitrogen and oxygen atoms in total. The molecule has 0 amide bonds. The van der Waals surface area contributed by atoms with Crippen molar-refractivity contribution in [1.29, 1.82) is 0 Å². The SMILES string of the molecule is CCOC(=O)C1CC(c2ccccc2O)=NO1. The molecular weight excluding hydrogens is 222 g/mol. The molecule has 0 saturated carbocycles. The third-order valence-corrected chi connectivity index (χ3v) is 2.43. The number of benzene rings is 1. The molecule has 0 aromatic heterocycles. The molecule has 1 N–H and O–H groups in total. The van der Waals surface area contributed by atoms with Gasteiger partial charge in [0.2, 0.25) is 6.10 Å². The summed E-state index contributed by atoms with van der Waals surface area (Å²) in [4.78, 5) is 16.4. The molecule has 1 aromatic rings. The average Bonchev–Trinajstić information content (AvgIpc) is 2.79. The lowest BCUT2D eigenvalue weighted by molar-refractivity contribution is -0.154. The predicted octanol–water partition coefficient (Wildman–Crippen LogP) is 1.45. The Kier molecular flexibility index (Phi) is 3.27. The highest BCUT2D eigenvalue weighted by Gasteiger charge is 2.30. The number of para-hydroxylation sites is 1. The van der Waals surface area contributed by atoms with Gasteiger partial charge in [-0.1, -0.05) is 17.3 Å². The lowest BCUT2D eigenvalue weighted by atomic mass is 10.0. The van der Waals surface area contributed by atoms with Gasteiger partial charge in [-0.3, -0.25) is 0 Å². The second-order valence-corrected chi connectivity index (χ2v) is 3.61. The summed E-state index contributed by atoms with van der Waals surface area (Å²) in [6, 6.07) is 6.80. The first kappa shape index (κ1) is 11.4. The summed E-state index contributed by atoms with van der Waals surface area (Å²) in [5, 5.41) is 13.5. The highest BCUT2D eigenvalue weighted by atomic mass is 16.7. The molecule has 1 unspecified atom stereocenters. The summed E-state index contributed by atoms with van der Waals surface area (Å²) >= 11 is 0. The molecule has 0 bridgehead atoms. The van der Waals surface area contributed by atoms with Crippen LogP contribution >= 0.6 is 0 Å². The lowest BCUT2D eigenvalue weighted by Gasteiger charge is -2.06. The van der Waals surface area contributed by atoms with Crippen LogP contribution in [0.1, 0.15) is 18.9 Å². The fourth-order valence-corrected chi connectivity index (χ4v) is 1.62. The van der Waals surface area contributed by atoms with E-state index in [4.69, 9.17) is 9.57 Å². The number of nitrogens with zero attached hydrogens (tertiary/aromatic N) is 1. The lowest BCUT2D eigenvalue weighted by Crippen LogP contribution is -2.23. The molecule has 0 fully saturated rings. The second-order valence-electron chi connectivity index (χ2n) is 3.61. The number of phenolic OH excluding ortho intramolecular Hbond substituents is 1. The maximum Gasteiger partial charge on any atom is 0.350 e. The van der Waals surface area contributed by atoms with E-state index in [0.717, 1.165) is 0 Å². The summed E-state index contributed by atoms with van der Waals surface area (Å²) in [6.07, 6.45) is -0.388.